The van der Waals surface area contributed by atoms with E-state index in [1.165, 1.54) is 11.3 Å². The highest BCUT2D eigenvalue weighted by atomic mass is 35.5. The number of fused-ring (bicyclic) bond motifs is 1. The fraction of sp³-hybridized carbons (Fsp3) is 0.333. The number of benzene rings is 1. The molecule has 0 unspecified atom stereocenters. The summed E-state index contributed by atoms with van der Waals surface area (Å²) < 4.78 is 5.83. The lowest BCUT2D eigenvalue weighted by Gasteiger charge is -2.03. The van der Waals surface area contributed by atoms with Crippen LogP contribution in [0.15, 0.2) is 18.2 Å². The third-order valence-corrected chi connectivity index (χ3v) is 3.53. The maximum absolute atomic E-state index is 11.6. The highest BCUT2D eigenvalue weighted by molar-refractivity contribution is 7.22. The van der Waals surface area contributed by atoms with Gasteiger partial charge in [0.1, 0.15) is 0 Å². The van der Waals surface area contributed by atoms with Gasteiger partial charge in [0, 0.05) is 18.7 Å². The summed E-state index contributed by atoms with van der Waals surface area (Å²) in [4.78, 5) is 16.0. The number of methoxy groups -OCH3 is 1. The zero-order chi connectivity index (χ0) is 13.7. The number of nitrogens with zero attached hydrogens (tertiary/aromatic N) is 1. The Balaban J connectivity index is 1.91. The maximum Gasteiger partial charge on any atom is 0.240 e. The largest absolute Gasteiger partial charge is 0.383 e. The molecular formula is C12H14ClN3O2S. The van der Waals surface area contributed by atoms with E-state index in [0.717, 1.165) is 10.2 Å². The van der Waals surface area contributed by atoms with E-state index >= 15 is 0 Å². The van der Waals surface area contributed by atoms with Crippen molar-refractivity contribution in [3.05, 3.63) is 23.2 Å². The van der Waals surface area contributed by atoms with Crippen molar-refractivity contribution in [3.63, 3.8) is 0 Å². The lowest BCUT2D eigenvalue weighted by Crippen LogP contribution is -2.30. The lowest BCUT2D eigenvalue weighted by atomic mass is 10.3. The van der Waals surface area contributed by atoms with Gasteiger partial charge in [0.2, 0.25) is 5.91 Å². The Morgan fingerprint density at radius 3 is 3.16 bits per heavy atom. The molecular weight excluding hydrogens is 286 g/mol. The van der Waals surface area contributed by atoms with Crippen molar-refractivity contribution in [1.82, 2.24) is 10.3 Å². The van der Waals surface area contributed by atoms with Crippen molar-refractivity contribution in [2.75, 3.05) is 32.1 Å². The number of halogens is 1. The summed E-state index contributed by atoms with van der Waals surface area (Å²) in [5, 5.41) is 6.96. The summed E-state index contributed by atoms with van der Waals surface area (Å²) in [7, 11) is 1.62. The number of thiazole rings is 1. The SMILES string of the molecule is COCCNCC(=O)Nc1nc2ccc(Cl)cc2s1. The molecule has 1 aromatic carbocycles. The Morgan fingerprint density at radius 2 is 2.37 bits per heavy atom. The second-order valence-corrected chi connectivity index (χ2v) is 5.32. The van der Waals surface area contributed by atoms with Crippen LogP contribution >= 0.6 is 22.9 Å². The smallest absolute Gasteiger partial charge is 0.240 e. The molecule has 2 N–H and O–H groups in total. The Morgan fingerprint density at radius 1 is 1.53 bits per heavy atom. The molecule has 1 aromatic heterocycles. The number of carbonyl (C=O) groups excluding carboxylic acids is 1. The van der Waals surface area contributed by atoms with Gasteiger partial charge in [-0.2, -0.15) is 0 Å². The third-order valence-electron chi connectivity index (χ3n) is 2.37. The zero-order valence-electron chi connectivity index (χ0n) is 10.4. The van der Waals surface area contributed by atoms with Crippen LogP contribution in [0.5, 0.6) is 0 Å². The standard InChI is InChI=1S/C12H14ClN3O2S/c1-18-5-4-14-7-11(17)16-12-15-9-3-2-8(13)6-10(9)19-12/h2-3,6,14H,4-5,7H2,1H3,(H,15,16,17). The Bertz CT molecular complexity index is 573. The minimum atomic E-state index is -0.124. The van der Waals surface area contributed by atoms with Crippen molar-refractivity contribution in [2.24, 2.45) is 0 Å². The molecule has 0 atom stereocenters. The first kappa shape index (κ1) is 14.2. The number of carbonyl (C=O) groups is 1. The van der Waals surface area contributed by atoms with Crippen LogP contribution in [0, 0.1) is 0 Å². The van der Waals surface area contributed by atoms with Crippen LogP contribution in [0.2, 0.25) is 5.02 Å². The van der Waals surface area contributed by atoms with Crippen molar-refractivity contribution in [2.45, 2.75) is 0 Å². The first-order valence-electron chi connectivity index (χ1n) is 5.74. The zero-order valence-corrected chi connectivity index (χ0v) is 12.0. The monoisotopic (exact) mass is 299 g/mol. The van der Waals surface area contributed by atoms with Crippen LogP contribution in [-0.2, 0) is 9.53 Å². The Hall–Kier alpha value is -1.21. The molecule has 0 aliphatic heterocycles. The van der Waals surface area contributed by atoms with Crippen molar-refractivity contribution in [3.8, 4) is 0 Å². The van der Waals surface area contributed by atoms with Gasteiger partial charge in [-0.05, 0) is 18.2 Å². The molecule has 1 heterocycles. The Kier molecular flexibility index (Phi) is 5.09. The Labute approximate surface area is 119 Å². The second kappa shape index (κ2) is 6.81. The fourth-order valence-corrected chi connectivity index (χ4v) is 2.65. The number of hydrogen-bond acceptors (Lipinski definition) is 5. The van der Waals surface area contributed by atoms with E-state index < -0.39 is 0 Å². The van der Waals surface area contributed by atoms with Crippen LogP contribution in [0.25, 0.3) is 10.2 Å². The topological polar surface area (TPSA) is 63.2 Å². The summed E-state index contributed by atoms with van der Waals surface area (Å²) in [6, 6.07) is 5.45. The van der Waals surface area contributed by atoms with Gasteiger partial charge in [-0.3, -0.25) is 4.79 Å². The van der Waals surface area contributed by atoms with E-state index in [1.54, 1.807) is 13.2 Å². The molecule has 0 saturated heterocycles. The summed E-state index contributed by atoms with van der Waals surface area (Å²) >= 11 is 7.31. The summed E-state index contributed by atoms with van der Waals surface area (Å²) in [5.41, 5.74) is 0.831. The summed E-state index contributed by atoms with van der Waals surface area (Å²) in [5.74, 6) is -0.124. The molecule has 0 saturated carbocycles. The van der Waals surface area contributed by atoms with Crippen LogP contribution in [-0.4, -0.2) is 37.7 Å². The molecule has 0 bridgehead atoms. The van der Waals surface area contributed by atoms with Crippen molar-refractivity contribution < 1.29 is 9.53 Å². The molecule has 1 amide bonds. The molecule has 0 radical (unpaired) electrons. The first-order valence-corrected chi connectivity index (χ1v) is 6.94. The number of hydrogen-bond donors (Lipinski definition) is 2. The highest BCUT2D eigenvalue weighted by Crippen LogP contribution is 2.28. The quantitative estimate of drug-likeness (QED) is 0.802. The molecule has 0 fully saturated rings. The lowest BCUT2D eigenvalue weighted by molar-refractivity contribution is -0.115. The van der Waals surface area contributed by atoms with Gasteiger partial charge in [0.15, 0.2) is 5.13 Å². The maximum atomic E-state index is 11.6. The van der Waals surface area contributed by atoms with Gasteiger partial charge < -0.3 is 15.4 Å². The molecule has 2 aromatic rings. The molecule has 0 aliphatic rings. The number of aromatic nitrogens is 1. The predicted molar refractivity (Wildman–Crippen MR) is 78.0 cm³/mol. The molecule has 2 rings (SSSR count). The molecule has 5 nitrogen and oxygen atoms in total. The van der Waals surface area contributed by atoms with E-state index in [0.29, 0.717) is 23.3 Å². The van der Waals surface area contributed by atoms with Gasteiger partial charge in [-0.1, -0.05) is 22.9 Å². The molecule has 7 heteroatoms. The predicted octanol–water partition coefficient (Wildman–Crippen LogP) is 2.12. The summed E-state index contributed by atoms with van der Waals surface area (Å²) in [6.07, 6.45) is 0. The van der Waals surface area contributed by atoms with E-state index in [-0.39, 0.29) is 12.5 Å². The van der Waals surface area contributed by atoms with E-state index in [1.807, 2.05) is 12.1 Å². The number of rotatable bonds is 6. The van der Waals surface area contributed by atoms with Crippen LogP contribution in [0.4, 0.5) is 5.13 Å². The second-order valence-electron chi connectivity index (χ2n) is 3.85. The van der Waals surface area contributed by atoms with Crippen LogP contribution in [0.3, 0.4) is 0 Å². The fourth-order valence-electron chi connectivity index (χ4n) is 1.49. The van der Waals surface area contributed by atoms with Crippen LogP contribution < -0.4 is 10.6 Å². The molecule has 19 heavy (non-hydrogen) atoms. The average Bonchev–Trinajstić information content (AvgIpc) is 2.76. The number of ether oxygens (including phenoxy) is 1. The van der Waals surface area contributed by atoms with Gasteiger partial charge in [0.25, 0.3) is 0 Å². The molecule has 0 aliphatic carbocycles. The van der Waals surface area contributed by atoms with Gasteiger partial charge in [-0.25, -0.2) is 4.98 Å². The highest BCUT2D eigenvalue weighted by Gasteiger charge is 2.07. The number of amides is 1. The molecule has 102 valence electrons. The number of nitrogens with one attached hydrogen (secondary N) is 2. The third kappa shape index (κ3) is 4.14. The molecule has 0 spiro atoms. The first-order chi connectivity index (χ1) is 9.19. The van der Waals surface area contributed by atoms with Crippen molar-refractivity contribution >= 4 is 44.2 Å². The van der Waals surface area contributed by atoms with Gasteiger partial charge in [0.05, 0.1) is 23.4 Å². The average molecular weight is 300 g/mol. The number of anilines is 1. The van der Waals surface area contributed by atoms with Gasteiger partial charge in [-0.15, -0.1) is 0 Å². The van der Waals surface area contributed by atoms with Gasteiger partial charge >= 0.3 is 0 Å². The minimum Gasteiger partial charge on any atom is -0.383 e. The van der Waals surface area contributed by atoms with Crippen LogP contribution in [0.1, 0.15) is 0 Å². The van der Waals surface area contributed by atoms with E-state index in [2.05, 4.69) is 15.6 Å². The normalized spacial score (nSPS) is 10.8. The van der Waals surface area contributed by atoms with Crippen molar-refractivity contribution in [1.29, 1.82) is 0 Å². The van der Waals surface area contributed by atoms with E-state index in [4.69, 9.17) is 16.3 Å². The minimum absolute atomic E-state index is 0.124. The summed E-state index contributed by atoms with van der Waals surface area (Å²) in [6.45, 7) is 1.45. The van der Waals surface area contributed by atoms with E-state index in [9.17, 15) is 4.79 Å².